The molecule has 0 aliphatic carbocycles. The van der Waals surface area contributed by atoms with Crippen LogP contribution in [0.4, 0.5) is 0 Å². The molecule has 0 saturated carbocycles. The number of carboxylic acid groups (broad SMARTS) is 1. The number of hydrogen-bond acceptors (Lipinski definition) is 4. The van der Waals surface area contributed by atoms with Crippen molar-refractivity contribution in [2.75, 3.05) is 6.61 Å². The predicted molar refractivity (Wildman–Crippen MR) is 88.0 cm³/mol. The zero-order chi connectivity index (χ0) is 16.3. The van der Waals surface area contributed by atoms with Gasteiger partial charge < -0.3 is 9.84 Å². The first-order chi connectivity index (χ1) is 10.4. The molecule has 0 radical (unpaired) electrons. The molecule has 2 aromatic rings. The molecule has 1 aromatic carbocycles. The van der Waals surface area contributed by atoms with E-state index in [0.717, 1.165) is 32.5 Å². The van der Waals surface area contributed by atoms with E-state index in [1.165, 1.54) is 16.9 Å². The fourth-order valence-corrected chi connectivity index (χ4v) is 3.57. The normalized spacial score (nSPS) is 10.7. The number of hydrogen-bond donors (Lipinski definition) is 1. The van der Waals surface area contributed by atoms with Gasteiger partial charge in [0.25, 0.3) is 0 Å². The fraction of sp³-hybridized carbons (Fsp3) is 0.412. The number of carbonyl (C=O) groups is 1. The van der Waals surface area contributed by atoms with Crippen LogP contribution in [0.15, 0.2) is 12.1 Å². The molecule has 5 heteroatoms. The second-order valence-electron chi connectivity index (χ2n) is 5.51. The van der Waals surface area contributed by atoms with Crippen LogP contribution in [0.1, 0.15) is 32.3 Å². The van der Waals surface area contributed by atoms with Crippen LogP contribution >= 0.6 is 11.3 Å². The Hall–Kier alpha value is -1.88. The third-order valence-corrected chi connectivity index (χ3v) is 4.63. The van der Waals surface area contributed by atoms with Gasteiger partial charge >= 0.3 is 5.97 Å². The van der Waals surface area contributed by atoms with E-state index in [2.05, 4.69) is 24.0 Å². The summed E-state index contributed by atoms with van der Waals surface area (Å²) in [6, 6.07) is 4.22. The molecule has 2 rings (SSSR count). The number of ether oxygens (including phenoxy) is 1. The highest BCUT2D eigenvalue weighted by molar-refractivity contribution is 7.11. The lowest BCUT2D eigenvalue weighted by molar-refractivity contribution is -0.136. The van der Waals surface area contributed by atoms with Crippen molar-refractivity contribution in [3.05, 3.63) is 44.4 Å². The summed E-state index contributed by atoms with van der Waals surface area (Å²) >= 11 is 1.46. The molecule has 0 fully saturated rings. The van der Waals surface area contributed by atoms with Crippen molar-refractivity contribution in [2.24, 2.45) is 0 Å². The van der Waals surface area contributed by atoms with E-state index in [1.807, 2.05) is 20.8 Å². The summed E-state index contributed by atoms with van der Waals surface area (Å²) in [7, 11) is 0. The second-order valence-corrected chi connectivity index (χ2v) is 6.68. The van der Waals surface area contributed by atoms with Gasteiger partial charge in [0.1, 0.15) is 5.75 Å². The maximum absolute atomic E-state index is 10.8. The highest BCUT2D eigenvalue weighted by Gasteiger charge is 2.11. The Kier molecular flexibility index (Phi) is 5.19. The molecular formula is C17H21NO3S. The van der Waals surface area contributed by atoms with Crippen molar-refractivity contribution in [1.82, 2.24) is 4.98 Å². The first kappa shape index (κ1) is 16.5. The number of rotatable bonds is 6. The number of thiazole rings is 1. The van der Waals surface area contributed by atoms with Gasteiger partial charge in [-0.1, -0.05) is 17.7 Å². The van der Waals surface area contributed by atoms with Crippen molar-refractivity contribution in [2.45, 2.75) is 40.5 Å². The van der Waals surface area contributed by atoms with E-state index in [0.29, 0.717) is 13.0 Å². The molecule has 0 saturated heterocycles. The standard InChI is InChI=1S/C17H21NO3S/c1-10-7-11(2)17(12(3)8-10)21-6-5-15-18-13(4)14(22-15)9-16(19)20/h7-8H,5-6,9H2,1-4H3,(H,19,20). The lowest BCUT2D eigenvalue weighted by atomic mass is 10.1. The zero-order valence-electron chi connectivity index (χ0n) is 13.4. The van der Waals surface area contributed by atoms with Crippen molar-refractivity contribution in [3.63, 3.8) is 0 Å². The number of aliphatic carboxylic acids is 1. The molecule has 0 bridgehead atoms. The van der Waals surface area contributed by atoms with Gasteiger partial charge in [-0.3, -0.25) is 4.79 Å². The van der Waals surface area contributed by atoms with Gasteiger partial charge in [0.2, 0.25) is 0 Å². The summed E-state index contributed by atoms with van der Waals surface area (Å²) in [6.07, 6.45) is 0.735. The predicted octanol–water partition coefficient (Wildman–Crippen LogP) is 3.63. The molecule has 22 heavy (non-hydrogen) atoms. The number of benzene rings is 1. The Morgan fingerprint density at radius 2 is 1.86 bits per heavy atom. The van der Waals surface area contributed by atoms with Crippen molar-refractivity contribution in [3.8, 4) is 5.75 Å². The number of aromatic nitrogens is 1. The van der Waals surface area contributed by atoms with Gasteiger partial charge in [-0.05, 0) is 38.8 Å². The lowest BCUT2D eigenvalue weighted by Gasteiger charge is -2.12. The number of carboxylic acids is 1. The van der Waals surface area contributed by atoms with E-state index < -0.39 is 5.97 Å². The highest BCUT2D eigenvalue weighted by atomic mass is 32.1. The Morgan fingerprint density at radius 1 is 1.23 bits per heavy atom. The van der Waals surface area contributed by atoms with Crippen molar-refractivity contribution in [1.29, 1.82) is 0 Å². The molecule has 1 heterocycles. The van der Waals surface area contributed by atoms with E-state index in [4.69, 9.17) is 9.84 Å². The van der Waals surface area contributed by atoms with Gasteiger partial charge in [0.15, 0.2) is 0 Å². The van der Waals surface area contributed by atoms with Crippen molar-refractivity contribution >= 4 is 17.3 Å². The van der Waals surface area contributed by atoms with Crippen LogP contribution in [0.3, 0.4) is 0 Å². The average molecular weight is 319 g/mol. The van der Waals surface area contributed by atoms with E-state index >= 15 is 0 Å². The largest absolute Gasteiger partial charge is 0.493 e. The molecule has 0 atom stereocenters. The first-order valence-electron chi connectivity index (χ1n) is 7.24. The topological polar surface area (TPSA) is 59.4 Å². The molecule has 0 amide bonds. The zero-order valence-corrected chi connectivity index (χ0v) is 14.2. The molecule has 1 aromatic heterocycles. The summed E-state index contributed by atoms with van der Waals surface area (Å²) in [5.41, 5.74) is 4.32. The third-order valence-electron chi connectivity index (χ3n) is 3.42. The quantitative estimate of drug-likeness (QED) is 0.883. The van der Waals surface area contributed by atoms with Gasteiger partial charge in [-0.15, -0.1) is 11.3 Å². The van der Waals surface area contributed by atoms with Crippen LogP contribution < -0.4 is 4.74 Å². The number of nitrogens with zero attached hydrogens (tertiary/aromatic N) is 1. The summed E-state index contributed by atoms with van der Waals surface area (Å²) in [5.74, 6) is 0.116. The smallest absolute Gasteiger partial charge is 0.308 e. The minimum absolute atomic E-state index is 0.0422. The van der Waals surface area contributed by atoms with Crippen LogP contribution in [0.2, 0.25) is 0 Å². The van der Waals surface area contributed by atoms with E-state index in [-0.39, 0.29) is 6.42 Å². The fourth-order valence-electron chi connectivity index (χ4n) is 2.53. The molecule has 0 spiro atoms. The maximum Gasteiger partial charge on any atom is 0.308 e. The van der Waals surface area contributed by atoms with Gasteiger partial charge in [0, 0.05) is 11.3 Å². The van der Waals surface area contributed by atoms with Crippen LogP contribution in [0, 0.1) is 27.7 Å². The summed E-state index contributed by atoms with van der Waals surface area (Å²) < 4.78 is 5.91. The minimum Gasteiger partial charge on any atom is -0.493 e. The molecule has 0 aliphatic rings. The molecule has 118 valence electrons. The monoisotopic (exact) mass is 319 g/mol. The first-order valence-corrected chi connectivity index (χ1v) is 8.06. The highest BCUT2D eigenvalue weighted by Crippen LogP contribution is 2.25. The second kappa shape index (κ2) is 6.92. The molecule has 1 N–H and O–H groups in total. The lowest BCUT2D eigenvalue weighted by Crippen LogP contribution is -2.04. The summed E-state index contributed by atoms with van der Waals surface area (Å²) in [5, 5.41) is 9.79. The minimum atomic E-state index is -0.819. The average Bonchev–Trinajstić information content (AvgIpc) is 2.72. The van der Waals surface area contributed by atoms with Crippen LogP contribution in [-0.4, -0.2) is 22.7 Å². The van der Waals surface area contributed by atoms with Gasteiger partial charge in [-0.25, -0.2) is 4.98 Å². The van der Waals surface area contributed by atoms with E-state index in [1.54, 1.807) is 0 Å². The molecule has 0 unspecified atom stereocenters. The summed E-state index contributed by atoms with van der Waals surface area (Å²) in [4.78, 5) is 16.0. The summed E-state index contributed by atoms with van der Waals surface area (Å²) in [6.45, 7) is 8.57. The van der Waals surface area contributed by atoms with Crippen LogP contribution in [0.5, 0.6) is 5.75 Å². The van der Waals surface area contributed by atoms with Gasteiger partial charge in [0.05, 0.1) is 23.7 Å². The number of aryl methyl sites for hydroxylation is 4. The molecule has 0 aliphatic heterocycles. The van der Waals surface area contributed by atoms with Crippen molar-refractivity contribution < 1.29 is 14.6 Å². The SMILES string of the molecule is Cc1cc(C)c(OCCc2nc(C)c(CC(=O)O)s2)c(C)c1. The molecule has 4 nitrogen and oxygen atoms in total. The third kappa shape index (κ3) is 4.07. The maximum atomic E-state index is 10.8. The molecular weight excluding hydrogens is 298 g/mol. The van der Waals surface area contributed by atoms with Gasteiger partial charge in [-0.2, -0.15) is 0 Å². The van der Waals surface area contributed by atoms with Crippen LogP contribution in [0.25, 0.3) is 0 Å². The Bertz CT molecular complexity index is 668. The van der Waals surface area contributed by atoms with E-state index in [9.17, 15) is 4.79 Å². The van der Waals surface area contributed by atoms with Crippen LogP contribution in [-0.2, 0) is 17.6 Å². The Balaban J connectivity index is 1.98. The Morgan fingerprint density at radius 3 is 2.45 bits per heavy atom. The Labute approximate surface area is 134 Å².